The van der Waals surface area contributed by atoms with Gasteiger partial charge in [0.15, 0.2) is 17.3 Å². The molecule has 0 aromatic heterocycles. The number of benzene rings is 3. The summed E-state index contributed by atoms with van der Waals surface area (Å²) >= 11 is 0. The van der Waals surface area contributed by atoms with Gasteiger partial charge in [-0.1, -0.05) is 73.2 Å². The molecule has 1 aliphatic heterocycles. The summed E-state index contributed by atoms with van der Waals surface area (Å²) in [5.41, 5.74) is 5.10. The van der Waals surface area contributed by atoms with Gasteiger partial charge >= 0.3 is 5.97 Å². The van der Waals surface area contributed by atoms with E-state index < -0.39 is 11.8 Å². The summed E-state index contributed by atoms with van der Waals surface area (Å²) in [6.45, 7) is 2.30. The van der Waals surface area contributed by atoms with Crippen molar-refractivity contribution in [1.29, 1.82) is 0 Å². The van der Waals surface area contributed by atoms with Gasteiger partial charge in [0, 0.05) is 29.3 Å². The Labute approximate surface area is 253 Å². The van der Waals surface area contributed by atoms with Crippen LogP contribution in [0.2, 0.25) is 0 Å². The first kappa shape index (κ1) is 28.9. The molecule has 0 saturated heterocycles. The van der Waals surface area contributed by atoms with E-state index in [9.17, 15) is 9.59 Å². The highest BCUT2D eigenvalue weighted by molar-refractivity contribution is 6.09. The predicted molar refractivity (Wildman–Crippen MR) is 167 cm³/mol. The van der Waals surface area contributed by atoms with Crippen LogP contribution in [0, 0.1) is 5.92 Å². The minimum atomic E-state index is -0.682. The molecule has 6 heteroatoms. The summed E-state index contributed by atoms with van der Waals surface area (Å²) < 4.78 is 18.0. The number of ether oxygens (including phenoxy) is 3. The Morgan fingerprint density at radius 3 is 2.30 bits per heavy atom. The fourth-order valence-electron chi connectivity index (χ4n) is 6.84. The van der Waals surface area contributed by atoms with Gasteiger partial charge in [-0.2, -0.15) is 0 Å². The number of methoxy groups -OCH3 is 1. The summed E-state index contributed by atoms with van der Waals surface area (Å²) in [5, 5.41) is 0. The number of aliphatic imine (C=N–C) groups is 1. The first-order chi connectivity index (χ1) is 21.0. The third-order valence-corrected chi connectivity index (χ3v) is 9.03. The SMILES string of the molecule is COc1cc([C@@H]2C3=C(C[C@@H](c4ccccc4)CC3=O)N=C(C)C2C(=O)OC2CCCCC2)ccc1OCc1ccccc1. The van der Waals surface area contributed by atoms with Crippen molar-refractivity contribution in [3.05, 3.63) is 107 Å². The average Bonchev–Trinajstić information content (AvgIpc) is 3.04. The molecular weight excluding hydrogens is 538 g/mol. The second kappa shape index (κ2) is 13.0. The molecule has 1 unspecified atom stereocenters. The number of Topliss-reactive ketones (excluding diaryl/α,β-unsaturated/α-hetero) is 1. The molecule has 0 N–H and O–H groups in total. The summed E-state index contributed by atoms with van der Waals surface area (Å²) in [4.78, 5) is 32.9. The maximum atomic E-state index is 14.0. The van der Waals surface area contributed by atoms with E-state index in [1.807, 2.05) is 73.7 Å². The minimum absolute atomic E-state index is 0.0372. The zero-order valence-corrected chi connectivity index (χ0v) is 25.0. The van der Waals surface area contributed by atoms with E-state index in [1.54, 1.807) is 7.11 Å². The molecule has 43 heavy (non-hydrogen) atoms. The number of carbonyl (C=O) groups excluding carboxylic acids is 2. The number of esters is 1. The van der Waals surface area contributed by atoms with Crippen LogP contribution in [0.5, 0.6) is 11.5 Å². The van der Waals surface area contributed by atoms with Crippen LogP contribution in [0.15, 0.2) is 95.1 Å². The number of allylic oxidation sites excluding steroid dienone is 2. The van der Waals surface area contributed by atoms with Gasteiger partial charge in [0.1, 0.15) is 18.6 Å². The molecule has 6 nitrogen and oxygen atoms in total. The highest BCUT2D eigenvalue weighted by Gasteiger charge is 2.45. The van der Waals surface area contributed by atoms with Crippen molar-refractivity contribution >= 4 is 17.5 Å². The van der Waals surface area contributed by atoms with E-state index in [2.05, 4.69) is 12.1 Å². The van der Waals surface area contributed by atoms with Gasteiger partial charge in [-0.25, -0.2) is 0 Å². The highest BCUT2D eigenvalue weighted by atomic mass is 16.5. The molecule has 0 radical (unpaired) electrons. The summed E-state index contributed by atoms with van der Waals surface area (Å²) in [7, 11) is 1.61. The molecule has 3 aromatic rings. The molecule has 6 rings (SSSR count). The zero-order chi connectivity index (χ0) is 29.8. The van der Waals surface area contributed by atoms with E-state index in [4.69, 9.17) is 19.2 Å². The van der Waals surface area contributed by atoms with Crippen molar-refractivity contribution in [3.8, 4) is 11.5 Å². The van der Waals surface area contributed by atoms with Crippen LogP contribution in [-0.4, -0.2) is 30.7 Å². The first-order valence-corrected chi connectivity index (χ1v) is 15.4. The number of rotatable bonds is 8. The molecule has 1 saturated carbocycles. The lowest BCUT2D eigenvalue weighted by molar-refractivity contribution is -0.153. The topological polar surface area (TPSA) is 74.2 Å². The Kier molecular flexibility index (Phi) is 8.73. The molecule has 3 atom stereocenters. The molecule has 1 fully saturated rings. The largest absolute Gasteiger partial charge is 0.493 e. The average molecular weight is 578 g/mol. The van der Waals surface area contributed by atoms with Gasteiger partial charge in [-0.15, -0.1) is 0 Å². The highest BCUT2D eigenvalue weighted by Crippen LogP contribution is 2.48. The van der Waals surface area contributed by atoms with E-state index >= 15 is 0 Å². The Hall–Kier alpha value is -4.19. The van der Waals surface area contributed by atoms with Crippen molar-refractivity contribution in [2.75, 3.05) is 7.11 Å². The van der Waals surface area contributed by atoms with Crippen molar-refractivity contribution in [1.82, 2.24) is 0 Å². The number of hydrogen-bond donors (Lipinski definition) is 0. The van der Waals surface area contributed by atoms with Crippen LogP contribution in [0.4, 0.5) is 0 Å². The summed E-state index contributed by atoms with van der Waals surface area (Å²) in [6, 6.07) is 25.8. The Morgan fingerprint density at radius 2 is 1.58 bits per heavy atom. The standard InChI is InChI=1S/C37H39NO5/c1-24-34(37(40)43-29-16-10-5-11-17-29)35(36-30(38-24)20-28(21-31(36)39)26-14-8-4-9-15-26)27-18-19-32(33(22-27)41-2)42-23-25-12-6-3-7-13-25/h3-4,6-9,12-15,18-19,22,28-29,34-35H,5,10-11,16-17,20-21,23H2,1-2H3/t28-,34?,35+/m1/s1. The quantitative estimate of drug-likeness (QED) is 0.256. The van der Waals surface area contributed by atoms with Crippen molar-refractivity contribution in [3.63, 3.8) is 0 Å². The molecule has 0 bridgehead atoms. The van der Waals surface area contributed by atoms with Gasteiger partial charge < -0.3 is 14.2 Å². The lowest BCUT2D eigenvalue weighted by atomic mass is 9.69. The molecule has 3 aliphatic rings. The van der Waals surface area contributed by atoms with Gasteiger partial charge in [-0.05, 0) is 73.8 Å². The van der Waals surface area contributed by atoms with E-state index in [0.717, 1.165) is 48.1 Å². The van der Waals surface area contributed by atoms with Crippen LogP contribution < -0.4 is 9.47 Å². The van der Waals surface area contributed by atoms with Gasteiger partial charge in [0.25, 0.3) is 0 Å². The minimum Gasteiger partial charge on any atom is -0.493 e. The van der Waals surface area contributed by atoms with Gasteiger partial charge in [0.05, 0.1) is 7.11 Å². The van der Waals surface area contributed by atoms with E-state index in [-0.39, 0.29) is 23.8 Å². The third-order valence-electron chi connectivity index (χ3n) is 9.03. The lowest BCUT2D eigenvalue weighted by Crippen LogP contribution is -2.39. The lowest BCUT2D eigenvalue weighted by Gasteiger charge is -2.37. The predicted octanol–water partition coefficient (Wildman–Crippen LogP) is 7.73. The fourth-order valence-corrected chi connectivity index (χ4v) is 6.84. The zero-order valence-electron chi connectivity index (χ0n) is 25.0. The first-order valence-electron chi connectivity index (χ1n) is 15.4. The molecule has 3 aromatic carbocycles. The smallest absolute Gasteiger partial charge is 0.315 e. The molecule has 2 aliphatic carbocycles. The maximum Gasteiger partial charge on any atom is 0.315 e. The van der Waals surface area contributed by atoms with Crippen LogP contribution in [0.3, 0.4) is 0 Å². The molecule has 0 spiro atoms. The van der Waals surface area contributed by atoms with Crippen molar-refractivity contribution in [2.24, 2.45) is 10.9 Å². The fraction of sp³-hybridized carbons (Fsp3) is 0.378. The number of hydrogen-bond acceptors (Lipinski definition) is 6. The van der Waals surface area contributed by atoms with E-state index in [1.165, 1.54) is 6.42 Å². The Balaban J connectivity index is 1.36. The van der Waals surface area contributed by atoms with E-state index in [0.29, 0.717) is 42.2 Å². The number of nitrogens with zero attached hydrogens (tertiary/aromatic N) is 1. The normalized spacial score (nSPS) is 22.4. The van der Waals surface area contributed by atoms with Gasteiger partial charge in [-0.3, -0.25) is 14.6 Å². The van der Waals surface area contributed by atoms with Crippen LogP contribution >= 0.6 is 0 Å². The maximum absolute atomic E-state index is 14.0. The monoisotopic (exact) mass is 577 g/mol. The van der Waals surface area contributed by atoms with Gasteiger partial charge in [0.2, 0.25) is 0 Å². The molecule has 222 valence electrons. The summed E-state index contributed by atoms with van der Waals surface area (Å²) in [6.07, 6.45) is 6.01. The Morgan fingerprint density at radius 1 is 0.860 bits per heavy atom. The molecule has 1 heterocycles. The van der Waals surface area contributed by atoms with Crippen molar-refractivity contribution in [2.45, 2.75) is 76.4 Å². The second-order valence-electron chi connectivity index (χ2n) is 11.9. The van der Waals surface area contributed by atoms with Crippen LogP contribution in [-0.2, 0) is 20.9 Å². The van der Waals surface area contributed by atoms with Crippen LogP contribution in [0.25, 0.3) is 0 Å². The summed E-state index contributed by atoms with van der Waals surface area (Å²) in [5.74, 6) is -0.241. The number of ketones is 1. The van der Waals surface area contributed by atoms with Crippen molar-refractivity contribution < 1.29 is 23.8 Å². The third kappa shape index (κ3) is 6.29. The molecular formula is C37H39NO5. The van der Waals surface area contributed by atoms with Crippen LogP contribution in [0.1, 0.15) is 80.4 Å². The number of carbonyl (C=O) groups is 2. The molecule has 0 amide bonds. The Bertz CT molecular complexity index is 1520. The second-order valence-corrected chi connectivity index (χ2v) is 11.9.